The van der Waals surface area contributed by atoms with Crippen LogP contribution in [0.25, 0.3) is 0 Å². The van der Waals surface area contributed by atoms with E-state index in [1.165, 1.54) is 0 Å². The van der Waals surface area contributed by atoms with Crippen LogP contribution in [-0.4, -0.2) is 39.0 Å². The highest BCUT2D eigenvalue weighted by molar-refractivity contribution is 5.68. The lowest BCUT2D eigenvalue weighted by Gasteiger charge is -2.36. The van der Waals surface area contributed by atoms with Crippen molar-refractivity contribution in [3.05, 3.63) is 29.8 Å². The van der Waals surface area contributed by atoms with Gasteiger partial charge in [0.05, 0.1) is 6.10 Å². The van der Waals surface area contributed by atoms with Crippen molar-refractivity contribution in [1.82, 2.24) is 4.90 Å². The van der Waals surface area contributed by atoms with Crippen LogP contribution in [-0.2, 0) is 11.3 Å². The predicted molar refractivity (Wildman–Crippen MR) is 88.1 cm³/mol. The van der Waals surface area contributed by atoms with Gasteiger partial charge in [0, 0.05) is 12.6 Å². The van der Waals surface area contributed by atoms with Crippen molar-refractivity contribution < 1.29 is 19.7 Å². The van der Waals surface area contributed by atoms with E-state index in [2.05, 4.69) is 0 Å². The Morgan fingerprint density at radius 1 is 1.26 bits per heavy atom. The minimum Gasteiger partial charge on any atom is -0.508 e. The number of carbonyl (C=O) groups is 1. The highest BCUT2D eigenvalue weighted by atomic mass is 16.6. The van der Waals surface area contributed by atoms with Crippen molar-refractivity contribution in [3.8, 4) is 5.75 Å². The van der Waals surface area contributed by atoms with E-state index in [1.54, 1.807) is 23.1 Å². The highest BCUT2D eigenvalue weighted by Gasteiger charge is 2.31. The van der Waals surface area contributed by atoms with Gasteiger partial charge >= 0.3 is 6.09 Å². The molecule has 0 spiro atoms. The molecule has 1 saturated carbocycles. The van der Waals surface area contributed by atoms with Gasteiger partial charge in [-0.3, -0.25) is 0 Å². The zero-order valence-corrected chi connectivity index (χ0v) is 14.2. The summed E-state index contributed by atoms with van der Waals surface area (Å²) in [6.45, 7) is 5.94. The maximum atomic E-state index is 12.6. The quantitative estimate of drug-likeness (QED) is 0.895. The molecule has 0 unspecified atom stereocenters. The first kappa shape index (κ1) is 17.6. The van der Waals surface area contributed by atoms with E-state index in [9.17, 15) is 15.0 Å². The molecule has 0 aromatic heterocycles. The Hall–Kier alpha value is -1.75. The summed E-state index contributed by atoms with van der Waals surface area (Å²) in [6.07, 6.45) is 2.31. The van der Waals surface area contributed by atoms with Gasteiger partial charge in [0.1, 0.15) is 11.4 Å². The SMILES string of the molecule is CC(C)(C)OC(=O)N(Cc1cccc(O)c1)C1CCC(O)CC1. The van der Waals surface area contributed by atoms with Crippen molar-refractivity contribution in [2.45, 2.75) is 70.7 Å². The Morgan fingerprint density at radius 2 is 1.91 bits per heavy atom. The average Bonchev–Trinajstić information content (AvgIpc) is 2.44. The van der Waals surface area contributed by atoms with E-state index in [0.29, 0.717) is 19.4 Å². The summed E-state index contributed by atoms with van der Waals surface area (Å²) in [5.74, 6) is 0.186. The van der Waals surface area contributed by atoms with Gasteiger partial charge in [-0.05, 0) is 64.2 Å². The number of aliphatic hydroxyl groups excluding tert-OH is 1. The van der Waals surface area contributed by atoms with Gasteiger partial charge in [0.2, 0.25) is 0 Å². The van der Waals surface area contributed by atoms with E-state index in [1.807, 2.05) is 26.8 Å². The number of phenols is 1. The van der Waals surface area contributed by atoms with E-state index in [0.717, 1.165) is 18.4 Å². The molecule has 2 N–H and O–H groups in total. The van der Waals surface area contributed by atoms with Crippen LogP contribution in [0, 0.1) is 0 Å². The summed E-state index contributed by atoms with van der Waals surface area (Å²) in [7, 11) is 0. The second kappa shape index (κ2) is 7.21. The second-order valence-corrected chi connectivity index (χ2v) is 7.24. The van der Waals surface area contributed by atoms with Gasteiger partial charge in [0.25, 0.3) is 0 Å². The Kier molecular flexibility index (Phi) is 5.52. The van der Waals surface area contributed by atoms with Crippen LogP contribution in [0.2, 0.25) is 0 Å². The van der Waals surface area contributed by atoms with Gasteiger partial charge in [0.15, 0.2) is 0 Å². The van der Waals surface area contributed by atoms with Crippen LogP contribution < -0.4 is 0 Å². The lowest BCUT2D eigenvalue weighted by atomic mass is 9.92. The van der Waals surface area contributed by atoms with Crippen LogP contribution in [0.4, 0.5) is 4.79 Å². The summed E-state index contributed by atoms with van der Waals surface area (Å²) < 4.78 is 5.54. The number of hydrogen-bond acceptors (Lipinski definition) is 4. The monoisotopic (exact) mass is 321 g/mol. The number of hydrogen-bond donors (Lipinski definition) is 2. The van der Waals surface area contributed by atoms with Gasteiger partial charge in [-0.1, -0.05) is 12.1 Å². The number of amides is 1. The number of aliphatic hydroxyl groups is 1. The van der Waals surface area contributed by atoms with Gasteiger partial charge < -0.3 is 19.8 Å². The molecule has 5 heteroatoms. The first-order chi connectivity index (χ1) is 10.7. The summed E-state index contributed by atoms with van der Waals surface area (Å²) in [4.78, 5) is 14.3. The number of benzene rings is 1. The molecule has 1 aromatic rings. The minimum atomic E-state index is -0.553. The molecule has 5 nitrogen and oxygen atoms in total. The lowest BCUT2D eigenvalue weighted by Crippen LogP contribution is -2.45. The number of aromatic hydroxyl groups is 1. The number of phenolic OH excluding ortho intramolecular Hbond substituents is 1. The van der Waals surface area contributed by atoms with Gasteiger partial charge in [-0.2, -0.15) is 0 Å². The van der Waals surface area contributed by atoms with Crippen LogP contribution >= 0.6 is 0 Å². The molecule has 1 aliphatic carbocycles. The molecule has 1 fully saturated rings. The fraction of sp³-hybridized carbons (Fsp3) is 0.611. The van der Waals surface area contributed by atoms with E-state index in [4.69, 9.17) is 4.74 Å². The molecule has 1 aromatic carbocycles. The van der Waals surface area contributed by atoms with Crippen molar-refractivity contribution in [2.75, 3.05) is 0 Å². The minimum absolute atomic E-state index is 0.0515. The molecule has 0 radical (unpaired) electrons. The molecule has 0 aliphatic heterocycles. The molecule has 128 valence electrons. The Morgan fingerprint density at radius 3 is 2.48 bits per heavy atom. The highest BCUT2D eigenvalue weighted by Crippen LogP contribution is 2.27. The van der Waals surface area contributed by atoms with Crippen molar-refractivity contribution >= 4 is 6.09 Å². The van der Waals surface area contributed by atoms with E-state index in [-0.39, 0.29) is 24.0 Å². The molecule has 0 bridgehead atoms. The fourth-order valence-electron chi connectivity index (χ4n) is 2.88. The van der Waals surface area contributed by atoms with Gasteiger partial charge in [-0.15, -0.1) is 0 Å². The van der Waals surface area contributed by atoms with Crippen molar-refractivity contribution in [2.24, 2.45) is 0 Å². The zero-order valence-electron chi connectivity index (χ0n) is 14.2. The average molecular weight is 321 g/mol. The number of nitrogens with zero attached hydrogens (tertiary/aromatic N) is 1. The largest absolute Gasteiger partial charge is 0.508 e. The molecule has 1 amide bonds. The van der Waals surface area contributed by atoms with Crippen molar-refractivity contribution in [1.29, 1.82) is 0 Å². The zero-order chi connectivity index (χ0) is 17.0. The molecular formula is C18H27NO4. The van der Waals surface area contributed by atoms with Crippen LogP contribution in [0.1, 0.15) is 52.0 Å². The topological polar surface area (TPSA) is 70.0 Å². The number of ether oxygens (including phenoxy) is 1. The molecule has 0 atom stereocenters. The molecule has 1 aliphatic rings. The number of carbonyl (C=O) groups excluding carboxylic acids is 1. The number of rotatable bonds is 3. The van der Waals surface area contributed by atoms with Gasteiger partial charge in [-0.25, -0.2) is 4.79 Å². The maximum absolute atomic E-state index is 12.6. The molecular weight excluding hydrogens is 294 g/mol. The Bertz CT molecular complexity index is 530. The smallest absolute Gasteiger partial charge is 0.410 e. The van der Waals surface area contributed by atoms with Crippen LogP contribution in [0.15, 0.2) is 24.3 Å². The summed E-state index contributed by atoms with van der Waals surface area (Å²) in [5.41, 5.74) is 0.310. The lowest BCUT2D eigenvalue weighted by molar-refractivity contribution is 0.00268. The predicted octanol–water partition coefficient (Wildman–Crippen LogP) is 3.43. The third kappa shape index (κ3) is 5.43. The normalized spacial score (nSPS) is 21.7. The van der Waals surface area contributed by atoms with Crippen LogP contribution in [0.3, 0.4) is 0 Å². The standard InChI is InChI=1S/C18H27NO4/c1-18(2,3)23-17(22)19(14-7-9-15(20)10-8-14)12-13-5-4-6-16(21)11-13/h4-6,11,14-15,20-21H,7-10,12H2,1-3H3. The van der Waals surface area contributed by atoms with Crippen molar-refractivity contribution in [3.63, 3.8) is 0 Å². The summed E-state index contributed by atoms with van der Waals surface area (Å²) in [6, 6.07) is 6.97. The maximum Gasteiger partial charge on any atom is 0.410 e. The summed E-state index contributed by atoms with van der Waals surface area (Å²) in [5, 5.41) is 19.3. The summed E-state index contributed by atoms with van der Waals surface area (Å²) >= 11 is 0. The van der Waals surface area contributed by atoms with E-state index < -0.39 is 5.60 Å². The second-order valence-electron chi connectivity index (χ2n) is 7.24. The van der Waals surface area contributed by atoms with E-state index >= 15 is 0 Å². The fourth-order valence-corrected chi connectivity index (χ4v) is 2.88. The molecule has 0 heterocycles. The first-order valence-electron chi connectivity index (χ1n) is 8.20. The molecule has 0 saturated heterocycles. The Balaban J connectivity index is 2.15. The third-order valence-electron chi connectivity index (χ3n) is 4.00. The molecule has 23 heavy (non-hydrogen) atoms. The molecule has 2 rings (SSSR count). The van der Waals surface area contributed by atoms with Crippen LogP contribution in [0.5, 0.6) is 5.75 Å². The Labute approximate surface area is 137 Å². The first-order valence-corrected chi connectivity index (χ1v) is 8.20. The third-order valence-corrected chi connectivity index (χ3v) is 4.00.